The van der Waals surface area contributed by atoms with Crippen molar-refractivity contribution in [3.63, 3.8) is 0 Å². The van der Waals surface area contributed by atoms with Crippen molar-refractivity contribution in [3.8, 4) is 0 Å². The van der Waals surface area contributed by atoms with Crippen molar-refractivity contribution in [3.05, 3.63) is 34.6 Å². The van der Waals surface area contributed by atoms with Crippen LogP contribution in [0.15, 0.2) is 34.6 Å². The first-order chi connectivity index (χ1) is 5.84. The Morgan fingerprint density at radius 2 is 2.00 bits per heavy atom. The first-order valence-electron chi connectivity index (χ1n) is 3.41. The second-order valence-corrected chi connectivity index (χ2v) is 3.39. The molecule has 0 unspecified atom stereocenters. The normalized spacial score (nSPS) is 18.5. The zero-order chi connectivity index (χ0) is 10.2. The molecule has 0 aromatic carbocycles. The number of halogens is 4. The van der Waals surface area contributed by atoms with Crippen LogP contribution in [0.1, 0.15) is 0 Å². The number of nitrogens with zero attached hydrogens (tertiary/aromatic N) is 1. The Morgan fingerprint density at radius 1 is 1.46 bits per heavy atom. The molecule has 0 atom stereocenters. The van der Waals surface area contributed by atoms with Crippen molar-refractivity contribution in [2.75, 3.05) is 7.05 Å². The Morgan fingerprint density at radius 3 is 2.46 bits per heavy atom. The smallest absolute Gasteiger partial charge is 0.351 e. The first kappa shape index (κ1) is 10.4. The number of rotatable bonds is 0. The fourth-order valence-corrected chi connectivity index (χ4v) is 1.52. The van der Waals surface area contributed by atoms with Crippen LogP contribution in [-0.2, 0) is 0 Å². The molecule has 0 spiro atoms. The molecule has 1 heterocycles. The SMILES string of the molecule is C=C1C(Br)=C(C(F)(F)F)C=CN1C. The van der Waals surface area contributed by atoms with Crippen molar-refractivity contribution in [1.82, 2.24) is 4.90 Å². The molecular formula is C8H7BrF3N. The zero-order valence-electron chi connectivity index (χ0n) is 6.82. The quantitative estimate of drug-likeness (QED) is 0.641. The van der Waals surface area contributed by atoms with Crippen molar-refractivity contribution in [1.29, 1.82) is 0 Å². The van der Waals surface area contributed by atoms with E-state index in [0.717, 1.165) is 6.08 Å². The lowest BCUT2D eigenvalue weighted by atomic mass is 10.1. The molecule has 0 aromatic rings. The molecule has 0 fully saturated rings. The Balaban J connectivity index is 3.13. The van der Waals surface area contributed by atoms with E-state index in [1.807, 2.05) is 0 Å². The highest BCUT2D eigenvalue weighted by molar-refractivity contribution is 9.12. The van der Waals surface area contributed by atoms with Crippen LogP contribution in [0, 0.1) is 0 Å². The number of hydrogen-bond acceptors (Lipinski definition) is 1. The van der Waals surface area contributed by atoms with Crippen LogP contribution in [0.5, 0.6) is 0 Å². The number of allylic oxidation sites excluding steroid dienone is 3. The van der Waals surface area contributed by atoms with Gasteiger partial charge in [0.15, 0.2) is 0 Å². The van der Waals surface area contributed by atoms with Gasteiger partial charge in [0.25, 0.3) is 0 Å². The van der Waals surface area contributed by atoms with Gasteiger partial charge >= 0.3 is 6.18 Å². The number of alkyl halides is 3. The second kappa shape index (κ2) is 3.21. The molecule has 0 saturated heterocycles. The van der Waals surface area contributed by atoms with Gasteiger partial charge < -0.3 is 4.90 Å². The third-order valence-corrected chi connectivity index (χ3v) is 2.57. The van der Waals surface area contributed by atoms with Crippen LogP contribution in [0.4, 0.5) is 13.2 Å². The van der Waals surface area contributed by atoms with Gasteiger partial charge in [-0.3, -0.25) is 0 Å². The van der Waals surface area contributed by atoms with Crippen LogP contribution < -0.4 is 0 Å². The molecule has 5 heteroatoms. The van der Waals surface area contributed by atoms with Crippen LogP contribution >= 0.6 is 15.9 Å². The van der Waals surface area contributed by atoms with Gasteiger partial charge in [-0.25, -0.2) is 0 Å². The maximum atomic E-state index is 12.3. The Kier molecular flexibility index (Phi) is 2.56. The van der Waals surface area contributed by atoms with Gasteiger partial charge in [-0.15, -0.1) is 0 Å². The average Bonchev–Trinajstić information content (AvgIpc) is 1.98. The topological polar surface area (TPSA) is 3.24 Å². The van der Waals surface area contributed by atoms with Crippen LogP contribution in [0.3, 0.4) is 0 Å². The van der Waals surface area contributed by atoms with Crippen LogP contribution in [0.25, 0.3) is 0 Å². The molecule has 1 aliphatic rings. The van der Waals surface area contributed by atoms with E-state index in [0.29, 0.717) is 5.70 Å². The van der Waals surface area contributed by atoms with E-state index in [9.17, 15) is 13.2 Å². The fraction of sp³-hybridized carbons (Fsp3) is 0.250. The summed E-state index contributed by atoms with van der Waals surface area (Å²) in [7, 11) is 1.63. The summed E-state index contributed by atoms with van der Waals surface area (Å²) in [5, 5.41) is 0. The molecule has 1 nitrogen and oxygen atoms in total. The summed E-state index contributed by atoms with van der Waals surface area (Å²) in [4.78, 5) is 1.51. The van der Waals surface area contributed by atoms with Crippen molar-refractivity contribution >= 4 is 15.9 Å². The highest BCUT2D eigenvalue weighted by atomic mass is 79.9. The molecule has 0 bridgehead atoms. The molecule has 1 rings (SSSR count). The summed E-state index contributed by atoms with van der Waals surface area (Å²) in [6, 6.07) is 0. The maximum absolute atomic E-state index is 12.3. The number of hydrogen-bond donors (Lipinski definition) is 0. The standard InChI is InChI=1S/C8H7BrF3N/c1-5-7(9)6(8(10,11)12)3-4-13(5)2/h3-4H,1H2,2H3. The van der Waals surface area contributed by atoms with Crippen molar-refractivity contribution in [2.45, 2.75) is 6.18 Å². The molecule has 1 aliphatic heterocycles. The molecule has 0 saturated carbocycles. The van der Waals surface area contributed by atoms with Gasteiger partial charge in [0.05, 0.1) is 10.1 Å². The average molecular weight is 254 g/mol. The molecule has 0 aromatic heterocycles. The summed E-state index contributed by atoms with van der Waals surface area (Å²) < 4.78 is 36.9. The predicted molar refractivity (Wildman–Crippen MR) is 48.1 cm³/mol. The first-order valence-corrected chi connectivity index (χ1v) is 4.20. The van der Waals surface area contributed by atoms with E-state index in [4.69, 9.17) is 0 Å². The van der Waals surface area contributed by atoms with Crippen molar-refractivity contribution in [2.24, 2.45) is 0 Å². The molecule has 72 valence electrons. The summed E-state index contributed by atoms with van der Waals surface area (Å²) in [5.41, 5.74) is -0.398. The van der Waals surface area contributed by atoms with Gasteiger partial charge in [-0.2, -0.15) is 13.2 Å². The van der Waals surface area contributed by atoms with E-state index in [-0.39, 0.29) is 4.48 Å². The Hall–Kier alpha value is -0.710. The van der Waals surface area contributed by atoms with E-state index >= 15 is 0 Å². The van der Waals surface area contributed by atoms with E-state index in [1.165, 1.54) is 11.1 Å². The zero-order valence-corrected chi connectivity index (χ0v) is 8.41. The van der Waals surface area contributed by atoms with Gasteiger partial charge in [0.1, 0.15) is 0 Å². The van der Waals surface area contributed by atoms with E-state index in [1.54, 1.807) is 7.05 Å². The summed E-state index contributed by atoms with van der Waals surface area (Å²) >= 11 is 2.86. The highest BCUT2D eigenvalue weighted by Gasteiger charge is 2.36. The van der Waals surface area contributed by atoms with Gasteiger partial charge in [-0.05, 0) is 22.0 Å². The molecular weight excluding hydrogens is 247 g/mol. The molecule has 0 radical (unpaired) electrons. The minimum Gasteiger partial charge on any atom is -0.351 e. The fourth-order valence-electron chi connectivity index (χ4n) is 0.879. The number of likely N-dealkylation sites (N-methyl/N-ethyl adjacent to an activating group) is 1. The Labute approximate surface area is 82.3 Å². The third kappa shape index (κ3) is 1.96. The van der Waals surface area contributed by atoms with Crippen molar-refractivity contribution < 1.29 is 13.2 Å². The third-order valence-electron chi connectivity index (χ3n) is 1.69. The van der Waals surface area contributed by atoms with Crippen LogP contribution in [-0.4, -0.2) is 18.1 Å². The summed E-state index contributed by atoms with van der Waals surface area (Å²) in [5.74, 6) is 0. The molecule has 0 aliphatic carbocycles. The van der Waals surface area contributed by atoms with Gasteiger partial charge in [-0.1, -0.05) is 6.58 Å². The lowest BCUT2D eigenvalue weighted by molar-refractivity contribution is -0.0887. The monoisotopic (exact) mass is 253 g/mol. The second-order valence-electron chi connectivity index (χ2n) is 2.60. The Bertz CT molecular complexity index is 301. The van der Waals surface area contributed by atoms with Gasteiger partial charge in [0.2, 0.25) is 0 Å². The largest absolute Gasteiger partial charge is 0.417 e. The maximum Gasteiger partial charge on any atom is 0.417 e. The molecule has 13 heavy (non-hydrogen) atoms. The van der Waals surface area contributed by atoms with Crippen LogP contribution in [0.2, 0.25) is 0 Å². The highest BCUT2D eigenvalue weighted by Crippen LogP contribution is 2.37. The van der Waals surface area contributed by atoms with E-state index in [2.05, 4.69) is 22.5 Å². The lowest BCUT2D eigenvalue weighted by Crippen LogP contribution is -2.20. The van der Waals surface area contributed by atoms with E-state index < -0.39 is 11.7 Å². The van der Waals surface area contributed by atoms with Gasteiger partial charge in [0, 0.05) is 18.9 Å². The summed E-state index contributed by atoms with van der Waals surface area (Å²) in [6.45, 7) is 3.51. The predicted octanol–water partition coefficient (Wildman–Crippen LogP) is 3.17. The lowest BCUT2D eigenvalue weighted by Gasteiger charge is -2.24. The minimum absolute atomic E-state index is 0.00926. The molecule has 0 N–H and O–H groups in total. The summed E-state index contributed by atoms with van der Waals surface area (Å²) in [6.07, 6.45) is -1.99. The molecule has 0 amide bonds. The minimum atomic E-state index is -4.33.